The largest absolute Gasteiger partial charge is 0.508 e. The molecule has 0 aliphatic heterocycles. The molecule has 0 unspecified atom stereocenters. The molecule has 184 valence electrons. The topological polar surface area (TPSA) is 63.6 Å². The van der Waals surface area contributed by atoms with Crippen molar-refractivity contribution in [1.82, 2.24) is 0 Å². The number of hydrogen-bond acceptors (Lipinski definition) is 4. The fraction of sp³-hybridized carbons (Fsp3) is 0.517. The highest BCUT2D eigenvalue weighted by Crippen LogP contribution is 2.33. The van der Waals surface area contributed by atoms with E-state index in [1.165, 1.54) is 76.0 Å². The van der Waals surface area contributed by atoms with E-state index in [1.807, 2.05) is 0 Å². The van der Waals surface area contributed by atoms with Gasteiger partial charge in [-0.3, -0.25) is 9.59 Å². The fourth-order valence-corrected chi connectivity index (χ4v) is 4.89. The zero-order valence-corrected chi connectivity index (χ0v) is 22.1. The van der Waals surface area contributed by atoms with Crippen LogP contribution in [0.3, 0.4) is 0 Å². The van der Waals surface area contributed by atoms with Crippen molar-refractivity contribution in [3.63, 3.8) is 0 Å². The summed E-state index contributed by atoms with van der Waals surface area (Å²) >= 11 is 3.90. The van der Waals surface area contributed by atoms with E-state index in [9.17, 15) is 14.7 Å². The van der Waals surface area contributed by atoms with Gasteiger partial charge in [0, 0.05) is 26.6 Å². The quantitative estimate of drug-likeness (QED) is 0.170. The average Bonchev–Trinajstić information content (AvgIpc) is 2.85. The second kappa shape index (κ2) is 12.5. The van der Waals surface area contributed by atoms with E-state index < -0.39 is 0 Å². The van der Waals surface area contributed by atoms with Crippen LogP contribution in [0.25, 0.3) is 0 Å². The van der Waals surface area contributed by atoms with E-state index in [1.54, 1.807) is 18.2 Å². The Labute approximate surface area is 212 Å². The SMILES string of the molecule is CCC(Br)(CC)CCCCCCCCCCOc1ccc2c(c1)C(=O)c1ccc(O)cc1C2=O. The molecule has 0 amide bonds. The van der Waals surface area contributed by atoms with E-state index in [4.69, 9.17) is 4.74 Å². The Hall–Kier alpha value is -2.14. The van der Waals surface area contributed by atoms with E-state index >= 15 is 0 Å². The van der Waals surface area contributed by atoms with Crippen molar-refractivity contribution in [2.75, 3.05) is 6.61 Å². The van der Waals surface area contributed by atoms with Gasteiger partial charge in [-0.15, -0.1) is 0 Å². The first-order valence-electron chi connectivity index (χ1n) is 12.8. The van der Waals surface area contributed by atoms with Crippen LogP contribution in [0.5, 0.6) is 11.5 Å². The van der Waals surface area contributed by atoms with Gasteiger partial charge in [0.1, 0.15) is 11.5 Å². The van der Waals surface area contributed by atoms with Gasteiger partial charge in [0.25, 0.3) is 0 Å². The molecule has 0 fully saturated rings. The number of ketones is 2. The molecular weight excluding hydrogens is 492 g/mol. The summed E-state index contributed by atoms with van der Waals surface area (Å²) in [6, 6.07) is 9.36. The maximum atomic E-state index is 12.8. The molecule has 4 nitrogen and oxygen atoms in total. The number of unbranched alkanes of at least 4 members (excludes halogenated alkanes) is 7. The van der Waals surface area contributed by atoms with Crippen molar-refractivity contribution in [1.29, 1.82) is 0 Å². The van der Waals surface area contributed by atoms with Gasteiger partial charge in [0.05, 0.1) is 6.61 Å². The first kappa shape index (κ1) is 26.5. The van der Waals surface area contributed by atoms with E-state index in [2.05, 4.69) is 29.8 Å². The highest BCUT2D eigenvalue weighted by molar-refractivity contribution is 9.10. The molecule has 0 saturated carbocycles. The molecule has 0 saturated heterocycles. The lowest BCUT2D eigenvalue weighted by Gasteiger charge is -2.24. The van der Waals surface area contributed by atoms with Gasteiger partial charge in [-0.1, -0.05) is 74.7 Å². The number of carbonyl (C=O) groups excluding carboxylic acids is 2. The summed E-state index contributed by atoms with van der Waals surface area (Å²) in [5.41, 5.74) is 1.32. The van der Waals surface area contributed by atoms with Gasteiger partial charge in [0.15, 0.2) is 11.6 Å². The maximum absolute atomic E-state index is 12.8. The molecule has 2 aromatic carbocycles. The van der Waals surface area contributed by atoms with Crippen LogP contribution in [0.4, 0.5) is 0 Å². The molecule has 1 N–H and O–H groups in total. The van der Waals surface area contributed by atoms with Crippen molar-refractivity contribution < 1.29 is 19.4 Å². The summed E-state index contributed by atoms with van der Waals surface area (Å²) in [7, 11) is 0. The van der Waals surface area contributed by atoms with Crippen LogP contribution in [-0.4, -0.2) is 27.6 Å². The number of hydrogen-bond donors (Lipinski definition) is 1. The highest BCUT2D eigenvalue weighted by Gasteiger charge is 2.30. The Balaban J connectivity index is 1.34. The molecule has 1 aliphatic carbocycles. The minimum Gasteiger partial charge on any atom is -0.508 e. The molecule has 3 rings (SSSR count). The van der Waals surface area contributed by atoms with Crippen LogP contribution in [0.1, 0.15) is 116 Å². The minimum absolute atomic E-state index is 0.0204. The summed E-state index contributed by atoms with van der Waals surface area (Å²) in [6.45, 7) is 5.13. The molecule has 0 spiro atoms. The first-order chi connectivity index (χ1) is 16.4. The Morgan fingerprint density at radius 2 is 1.26 bits per heavy atom. The number of phenolic OH excluding ortho intramolecular Hbond substituents is 1. The predicted molar refractivity (Wildman–Crippen MR) is 141 cm³/mol. The van der Waals surface area contributed by atoms with Crippen LogP contribution in [-0.2, 0) is 0 Å². The zero-order valence-electron chi connectivity index (χ0n) is 20.5. The lowest BCUT2D eigenvalue weighted by Crippen LogP contribution is -2.20. The average molecular weight is 530 g/mol. The van der Waals surface area contributed by atoms with Gasteiger partial charge in [0.2, 0.25) is 0 Å². The lowest BCUT2D eigenvalue weighted by atomic mass is 9.84. The predicted octanol–water partition coefficient (Wildman–Crippen LogP) is 8.01. The Morgan fingerprint density at radius 3 is 1.88 bits per heavy atom. The second-order valence-electron chi connectivity index (χ2n) is 9.38. The van der Waals surface area contributed by atoms with Crippen molar-refractivity contribution in [2.24, 2.45) is 0 Å². The number of aromatic hydroxyl groups is 1. The van der Waals surface area contributed by atoms with Crippen LogP contribution in [0, 0.1) is 0 Å². The Kier molecular flexibility index (Phi) is 9.75. The molecule has 0 heterocycles. The normalized spacial score (nSPS) is 13.0. The third-order valence-corrected chi connectivity index (χ3v) is 8.55. The highest BCUT2D eigenvalue weighted by atomic mass is 79.9. The molecule has 0 radical (unpaired) electrons. The van der Waals surface area contributed by atoms with E-state index in [0.29, 0.717) is 33.4 Å². The summed E-state index contributed by atoms with van der Waals surface area (Å²) < 4.78 is 6.22. The summed E-state index contributed by atoms with van der Waals surface area (Å²) in [5.74, 6) is 0.146. The number of fused-ring (bicyclic) bond motifs is 2. The second-order valence-corrected chi connectivity index (χ2v) is 11.1. The number of carbonyl (C=O) groups is 2. The number of halogens is 1. The van der Waals surface area contributed by atoms with Crippen LogP contribution >= 0.6 is 15.9 Å². The molecular formula is C29H37BrO4. The van der Waals surface area contributed by atoms with Crippen molar-refractivity contribution in [2.45, 2.75) is 88.8 Å². The monoisotopic (exact) mass is 528 g/mol. The van der Waals surface area contributed by atoms with Crippen molar-refractivity contribution in [3.05, 3.63) is 58.7 Å². The van der Waals surface area contributed by atoms with Gasteiger partial charge >= 0.3 is 0 Å². The lowest BCUT2D eigenvalue weighted by molar-refractivity contribution is 0.0978. The molecule has 2 aromatic rings. The van der Waals surface area contributed by atoms with E-state index in [-0.39, 0.29) is 22.9 Å². The number of ether oxygens (including phenoxy) is 1. The molecule has 1 aliphatic rings. The van der Waals surface area contributed by atoms with Crippen LogP contribution in [0.2, 0.25) is 0 Å². The number of rotatable bonds is 14. The standard InChI is InChI=1S/C29H37BrO4/c1-3-29(30,4-2)17-11-9-7-5-6-8-10-12-18-34-22-14-16-24-26(20-22)28(33)23-15-13-21(31)19-25(23)27(24)32/h13-16,19-20,31H,3-12,17-18H2,1-2H3. The third kappa shape index (κ3) is 6.71. The number of benzene rings is 2. The first-order valence-corrected chi connectivity index (χ1v) is 13.6. The minimum atomic E-state index is -0.241. The summed E-state index contributed by atoms with van der Waals surface area (Å²) in [6.07, 6.45) is 13.5. The molecule has 0 atom stereocenters. The van der Waals surface area contributed by atoms with Crippen LogP contribution in [0.15, 0.2) is 36.4 Å². The zero-order chi connectivity index (χ0) is 24.6. The van der Waals surface area contributed by atoms with Crippen molar-refractivity contribution >= 4 is 27.5 Å². The molecule has 0 bridgehead atoms. The molecule has 0 aromatic heterocycles. The fourth-order valence-electron chi connectivity index (χ4n) is 4.61. The number of alkyl halides is 1. The summed E-state index contributed by atoms with van der Waals surface area (Å²) in [4.78, 5) is 25.6. The van der Waals surface area contributed by atoms with Gasteiger partial charge in [-0.2, -0.15) is 0 Å². The van der Waals surface area contributed by atoms with Crippen molar-refractivity contribution in [3.8, 4) is 11.5 Å². The maximum Gasteiger partial charge on any atom is 0.194 e. The smallest absolute Gasteiger partial charge is 0.194 e. The van der Waals surface area contributed by atoms with Crippen LogP contribution < -0.4 is 4.74 Å². The Bertz CT molecular complexity index is 994. The number of phenols is 1. The summed E-state index contributed by atoms with van der Waals surface area (Å²) in [5, 5.41) is 9.67. The molecule has 5 heteroatoms. The Morgan fingerprint density at radius 1 is 0.735 bits per heavy atom. The third-order valence-electron chi connectivity index (χ3n) is 7.03. The van der Waals surface area contributed by atoms with Gasteiger partial charge < -0.3 is 9.84 Å². The van der Waals surface area contributed by atoms with E-state index in [0.717, 1.165) is 12.8 Å². The molecule has 34 heavy (non-hydrogen) atoms. The van der Waals surface area contributed by atoms with Gasteiger partial charge in [-0.05, 0) is 62.1 Å². The van der Waals surface area contributed by atoms with Gasteiger partial charge in [-0.25, -0.2) is 0 Å².